The summed E-state index contributed by atoms with van der Waals surface area (Å²) in [5.74, 6) is 0.948. The van der Waals surface area contributed by atoms with E-state index in [0.29, 0.717) is 0 Å². The second-order valence-corrected chi connectivity index (χ2v) is 5.13. The zero-order chi connectivity index (χ0) is 13.7. The van der Waals surface area contributed by atoms with Gasteiger partial charge in [0.2, 0.25) is 0 Å². The molecule has 1 fully saturated rings. The van der Waals surface area contributed by atoms with Gasteiger partial charge in [0, 0.05) is 45.0 Å². The largest absolute Gasteiger partial charge is 0.360 e. The van der Waals surface area contributed by atoms with Gasteiger partial charge in [-0.1, -0.05) is 5.16 Å². The average Bonchev–Trinajstić information content (AvgIpc) is 2.78. The monoisotopic (exact) mass is 265 g/mol. The Kier molecular flexibility index (Phi) is 4.93. The summed E-state index contributed by atoms with van der Waals surface area (Å²) in [4.78, 5) is 4.46. The Morgan fingerprint density at radius 2 is 2.11 bits per heavy atom. The van der Waals surface area contributed by atoms with Crippen molar-refractivity contribution < 1.29 is 4.52 Å². The highest BCUT2D eigenvalue weighted by Crippen LogP contribution is 2.11. The second-order valence-electron chi connectivity index (χ2n) is 5.13. The topological polar surface area (TPSA) is 48.1 Å². The van der Waals surface area contributed by atoms with Crippen molar-refractivity contribution in [2.45, 2.75) is 20.0 Å². The number of rotatable bonds is 5. The van der Waals surface area contributed by atoms with Gasteiger partial charge in [-0.15, -0.1) is 0 Å². The number of hydrogen-bond donors (Lipinski definition) is 0. The lowest BCUT2D eigenvalue weighted by Gasteiger charge is -2.32. The fourth-order valence-corrected chi connectivity index (χ4v) is 2.22. The SMILES string of the molecule is C/C=N/N1CCN(Cc2cc(CN(C)C)no2)CC1. The molecule has 2 heterocycles. The molecule has 6 heteroatoms. The van der Waals surface area contributed by atoms with Crippen molar-refractivity contribution in [3.8, 4) is 0 Å². The van der Waals surface area contributed by atoms with Crippen LogP contribution >= 0.6 is 0 Å². The lowest BCUT2D eigenvalue weighted by atomic mass is 10.3. The molecular formula is C13H23N5O. The fourth-order valence-electron chi connectivity index (χ4n) is 2.22. The van der Waals surface area contributed by atoms with E-state index >= 15 is 0 Å². The maximum atomic E-state index is 5.38. The summed E-state index contributed by atoms with van der Waals surface area (Å²) < 4.78 is 5.38. The molecule has 0 amide bonds. The zero-order valence-corrected chi connectivity index (χ0v) is 12.0. The van der Waals surface area contributed by atoms with Crippen LogP contribution in [0.1, 0.15) is 18.4 Å². The summed E-state index contributed by atoms with van der Waals surface area (Å²) in [7, 11) is 4.06. The number of hydrazone groups is 1. The van der Waals surface area contributed by atoms with E-state index in [1.807, 2.05) is 27.2 Å². The molecule has 1 aliphatic rings. The van der Waals surface area contributed by atoms with Gasteiger partial charge in [0.1, 0.15) is 0 Å². The lowest BCUT2D eigenvalue weighted by Crippen LogP contribution is -2.43. The molecule has 2 rings (SSSR count). The van der Waals surface area contributed by atoms with Gasteiger partial charge in [0.15, 0.2) is 5.76 Å². The molecule has 6 nitrogen and oxygen atoms in total. The Morgan fingerprint density at radius 1 is 1.37 bits per heavy atom. The van der Waals surface area contributed by atoms with Gasteiger partial charge in [0.05, 0.1) is 12.2 Å². The van der Waals surface area contributed by atoms with Gasteiger partial charge < -0.3 is 9.42 Å². The summed E-state index contributed by atoms with van der Waals surface area (Å²) in [6, 6.07) is 2.05. The van der Waals surface area contributed by atoms with Crippen molar-refractivity contribution in [2.24, 2.45) is 5.10 Å². The van der Waals surface area contributed by atoms with Crippen LogP contribution in [0.4, 0.5) is 0 Å². The van der Waals surface area contributed by atoms with Crippen molar-refractivity contribution in [3.05, 3.63) is 17.5 Å². The Balaban J connectivity index is 1.80. The molecule has 0 aromatic carbocycles. The number of hydrogen-bond acceptors (Lipinski definition) is 6. The minimum atomic E-state index is 0.822. The molecule has 0 saturated carbocycles. The van der Waals surface area contributed by atoms with Gasteiger partial charge in [-0.2, -0.15) is 5.10 Å². The van der Waals surface area contributed by atoms with Crippen LogP contribution in [0.25, 0.3) is 0 Å². The molecule has 0 unspecified atom stereocenters. The quantitative estimate of drug-likeness (QED) is 0.739. The van der Waals surface area contributed by atoms with Gasteiger partial charge >= 0.3 is 0 Å². The van der Waals surface area contributed by atoms with E-state index in [1.54, 1.807) is 0 Å². The van der Waals surface area contributed by atoms with Gasteiger partial charge in [-0.05, 0) is 21.0 Å². The predicted molar refractivity (Wildman–Crippen MR) is 74.9 cm³/mol. The molecule has 19 heavy (non-hydrogen) atoms. The highest BCUT2D eigenvalue weighted by atomic mass is 16.5. The summed E-state index contributed by atoms with van der Waals surface area (Å²) in [5.41, 5.74) is 0.995. The third kappa shape index (κ3) is 4.33. The zero-order valence-electron chi connectivity index (χ0n) is 12.0. The van der Waals surface area contributed by atoms with Crippen LogP contribution in [0, 0.1) is 0 Å². The Hall–Kier alpha value is -1.40. The standard InChI is InChI=1S/C13H23N5O/c1-4-14-18-7-5-17(6-8-18)11-13-9-12(15-19-13)10-16(2)3/h4,9H,5-8,10-11H2,1-3H3/b14-4+. The van der Waals surface area contributed by atoms with E-state index < -0.39 is 0 Å². The van der Waals surface area contributed by atoms with Crippen LogP contribution < -0.4 is 0 Å². The summed E-state index contributed by atoms with van der Waals surface area (Å²) in [6.07, 6.45) is 1.85. The number of piperazine rings is 1. The first-order chi connectivity index (χ1) is 9.17. The van der Waals surface area contributed by atoms with E-state index in [9.17, 15) is 0 Å². The van der Waals surface area contributed by atoms with Crippen LogP contribution in [0.3, 0.4) is 0 Å². The fraction of sp³-hybridized carbons (Fsp3) is 0.692. The van der Waals surface area contributed by atoms with Gasteiger partial charge in [-0.3, -0.25) is 9.91 Å². The van der Waals surface area contributed by atoms with Gasteiger partial charge in [-0.25, -0.2) is 0 Å². The first-order valence-corrected chi connectivity index (χ1v) is 6.72. The Morgan fingerprint density at radius 3 is 2.74 bits per heavy atom. The minimum Gasteiger partial charge on any atom is -0.360 e. The van der Waals surface area contributed by atoms with Crippen molar-refractivity contribution in [2.75, 3.05) is 40.3 Å². The molecule has 0 bridgehead atoms. The maximum Gasteiger partial charge on any atom is 0.151 e. The molecule has 0 atom stereocenters. The van der Waals surface area contributed by atoms with E-state index in [2.05, 4.69) is 31.1 Å². The van der Waals surface area contributed by atoms with Crippen LogP contribution in [0.2, 0.25) is 0 Å². The summed E-state index contributed by atoms with van der Waals surface area (Å²) >= 11 is 0. The van der Waals surface area contributed by atoms with E-state index in [-0.39, 0.29) is 0 Å². The highest BCUT2D eigenvalue weighted by molar-refractivity contribution is 5.52. The van der Waals surface area contributed by atoms with Crippen molar-refractivity contribution >= 4 is 6.21 Å². The van der Waals surface area contributed by atoms with Crippen molar-refractivity contribution in [3.63, 3.8) is 0 Å². The normalized spacial score (nSPS) is 17.8. The molecule has 106 valence electrons. The maximum absolute atomic E-state index is 5.38. The highest BCUT2D eigenvalue weighted by Gasteiger charge is 2.17. The molecule has 1 saturated heterocycles. The molecule has 1 aromatic rings. The van der Waals surface area contributed by atoms with Crippen molar-refractivity contribution in [1.82, 2.24) is 20.0 Å². The smallest absolute Gasteiger partial charge is 0.151 e. The van der Waals surface area contributed by atoms with E-state index in [0.717, 1.165) is 50.7 Å². The van der Waals surface area contributed by atoms with Gasteiger partial charge in [0.25, 0.3) is 0 Å². The summed E-state index contributed by atoms with van der Waals surface area (Å²) in [6.45, 7) is 7.59. The Labute approximate surface area is 114 Å². The lowest BCUT2D eigenvalue weighted by molar-refractivity contribution is 0.122. The molecule has 0 aliphatic carbocycles. The third-order valence-electron chi connectivity index (χ3n) is 3.09. The molecule has 1 aromatic heterocycles. The van der Waals surface area contributed by atoms with E-state index in [1.165, 1.54) is 0 Å². The van der Waals surface area contributed by atoms with Crippen LogP contribution in [-0.2, 0) is 13.1 Å². The second kappa shape index (κ2) is 6.68. The molecule has 0 N–H and O–H groups in total. The molecular weight excluding hydrogens is 242 g/mol. The molecule has 0 spiro atoms. The van der Waals surface area contributed by atoms with Crippen molar-refractivity contribution in [1.29, 1.82) is 0 Å². The minimum absolute atomic E-state index is 0.822. The first-order valence-electron chi connectivity index (χ1n) is 6.72. The van der Waals surface area contributed by atoms with Crippen LogP contribution in [0.15, 0.2) is 15.7 Å². The number of aromatic nitrogens is 1. The first kappa shape index (κ1) is 14.0. The molecule has 1 aliphatic heterocycles. The van der Waals surface area contributed by atoms with Crippen LogP contribution in [0.5, 0.6) is 0 Å². The molecule has 0 radical (unpaired) electrons. The third-order valence-corrected chi connectivity index (χ3v) is 3.09. The summed E-state index contributed by atoms with van der Waals surface area (Å²) in [5, 5.41) is 10.5. The van der Waals surface area contributed by atoms with E-state index in [4.69, 9.17) is 4.52 Å². The number of nitrogens with zero attached hydrogens (tertiary/aromatic N) is 5. The predicted octanol–water partition coefficient (Wildman–Crippen LogP) is 0.859. The average molecular weight is 265 g/mol. The Bertz CT molecular complexity index is 407. The van der Waals surface area contributed by atoms with Crippen LogP contribution in [-0.4, -0.2) is 66.5 Å².